The highest BCUT2D eigenvalue weighted by atomic mass is 16.4. The van der Waals surface area contributed by atoms with Crippen molar-refractivity contribution in [2.45, 2.75) is 32.7 Å². The van der Waals surface area contributed by atoms with Gasteiger partial charge in [0.15, 0.2) is 0 Å². The Morgan fingerprint density at radius 2 is 2.31 bits per heavy atom. The number of rotatable bonds is 3. The molecule has 5 heteroatoms. The van der Waals surface area contributed by atoms with Gasteiger partial charge in [-0.2, -0.15) is 0 Å². The van der Waals surface area contributed by atoms with Crippen LogP contribution in [0.2, 0.25) is 0 Å². The highest BCUT2D eigenvalue weighted by Crippen LogP contribution is 2.08. The Balaban J connectivity index is 1.80. The Hall–Kier alpha value is -1.52. The molecule has 2 amide bonds. The first-order valence-electron chi connectivity index (χ1n) is 5.76. The molecule has 0 aromatic carbocycles. The number of oxazole rings is 1. The molecule has 0 radical (unpaired) electrons. The van der Waals surface area contributed by atoms with Crippen LogP contribution in [0.3, 0.4) is 0 Å². The van der Waals surface area contributed by atoms with Crippen LogP contribution in [0.4, 0.5) is 4.79 Å². The van der Waals surface area contributed by atoms with Crippen LogP contribution in [0, 0.1) is 0 Å². The van der Waals surface area contributed by atoms with E-state index >= 15 is 0 Å². The fourth-order valence-corrected chi connectivity index (χ4v) is 1.78. The first-order chi connectivity index (χ1) is 7.79. The van der Waals surface area contributed by atoms with Crippen molar-refractivity contribution in [3.8, 4) is 0 Å². The molecule has 1 saturated heterocycles. The lowest BCUT2D eigenvalue weighted by Crippen LogP contribution is -2.37. The molecule has 0 unspecified atom stereocenters. The third-order valence-corrected chi connectivity index (χ3v) is 2.73. The number of nitrogens with zero attached hydrogens (tertiary/aromatic N) is 2. The number of nitrogens with one attached hydrogen (secondary N) is 1. The number of aromatic nitrogens is 1. The summed E-state index contributed by atoms with van der Waals surface area (Å²) in [7, 11) is 0. The van der Waals surface area contributed by atoms with Gasteiger partial charge in [-0.1, -0.05) is 6.92 Å². The Labute approximate surface area is 94.8 Å². The normalized spacial score (nSPS) is 15.4. The van der Waals surface area contributed by atoms with Crippen LogP contribution < -0.4 is 5.32 Å². The lowest BCUT2D eigenvalue weighted by Gasteiger charge is -2.15. The van der Waals surface area contributed by atoms with Gasteiger partial charge in [-0.05, 0) is 12.8 Å². The van der Waals surface area contributed by atoms with Crippen molar-refractivity contribution in [3.63, 3.8) is 0 Å². The molecule has 0 bridgehead atoms. The second kappa shape index (κ2) is 5.01. The fraction of sp³-hybridized carbons (Fsp3) is 0.636. The van der Waals surface area contributed by atoms with Crippen molar-refractivity contribution in [3.05, 3.63) is 17.8 Å². The van der Waals surface area contributed by atoms with Gasteiger partial charge in [-0.15, -0.1) is 0 Å². The average molecular weight is 223 g/mol. The zero-order valence-corrected chi connectivity index (χ0v) is 9.53. The number of aryl methyl sites for hydroxylation is 1. The highest BCUT2D eigenvalue weighted by Gasteiger charge is 2.17. The van der Waals surface area contributed by atoms with Gasteiger partial charge >= 0.3 is 6.03 Å². The van der Waals surface area contributed by atoms with Gasteiger partial charge in [0.1, 0.15) is 5.76 Å². The zero-order chi connectivity index (χ0) is 11.4. The zero-order valence-electron chi connectivity index (χ0n) is 9.53. The SMILES string of the molecule is CCc1cnc(CNC(=O)N2CCCC2)o1. The molecule has 88 valence electrons. The molecule has 2 rings (SSSR count). The quantitative estimate of drug-likeness (QED) is 0.845. The minimum atomic E-state index is -0.0197. The van der Waals surface area contributed by atoms with Gasteiger partial charge < -0.3 is 14.6 Å². The van der Waals surface area contributed by atoms with Crippen molar-refractivity contribution in [2.75, 3.05) is 13.1 Å². The first kappa shape index (κ1) is 11.0. The van der Waals surface area contributed by atoms with E-state index in [0.717, 1.165) is 38.1 Å². The number of hydrogen-bond donors (Lipinski definition) is 1. The molecular formula is C11H17N3O2. The van der Waals surface area contributed by atoms with Crippen LogP contribution in [0.25, 0.3) is 0 Å². The Kier molecular flexibility index (Phi) is 3.44. The maximum Gasteiger partial charge on any atom is 0.317 e. The van der Waals surface area contributed by atoms with Crippen LogP contribution in [0.5, 0.6) is 0 Å². The molecule has 1 aromatic rings. The van der Waals surface area contributed by atoms with Crippen molar-refractivity contribution in [1.82, 2.24) is 15.2 Å². The van der Waals surface area contributed by atoms with Gasteiger partial charge in [0.05, 0.1) is 12.7 Å². The molecule has 1 aliphatic rings. The minimum absolute atomic E-state index is 0.0197. The van der Waals surface area contributed by atoms with E-state index in [2.05, 4.69) is 10.3 Å². The summed E-state index contributed by atoms with van der Waals surface area (Å²) < 4.78 is 5.40. The Bertz CT molecular complexity index is 356. The summed E-state index contributed by atoms with van der Waals surface area (Å²) in [5.41, 5.74) is 0. The molecule has 1 fully saturated rings. The van der Waals surface area contributed by atoms with E-state index in [4.69, 9.17) is 4.42 Å². The summed E-state index contributed by atoms with van der Waals surface area (Å²) in [6, 6.07) is -0.0197. The summed E-state index contributed by atoms with van der Waals surface area (Å²) >= 11 is 0. The van der Waals surface area contributed by atoms with E-state index in [1.807, 2.05) is 11.8 Å². The molecule has 1 aromatic heterocycles. The summed E-state index contributed by atoms with van der Waals surface area (Å²) in [5.74, 6) is 1.43. The van der Waals surface area contributed by atoms with Gasteiger partial charge in [-0.3, -0.25) is 0 Å². The van der Waals surface area contributed by atoms with Crippen LogP contribution >= 0.6 is 0 Å². The predicted molar refractivity (Wildman–Crippen MR) is 58.9 cm³/mol. The van der Waals surface area contributed by atoms with Crippen LogP contribution in [-0.4, -0.2) is 29.0 Å². The maximum atomic E-state index is 11.6. The molecule has 0 atom stereocenters. The summed E-state index contributed by atoms with van der Waals surface area (Å²) in [4.78, 5) is 17.5. The number of amides is 2. The molecular weight excluding hydrogens is 206 g/mol. The lowest BCUT2D eigenvalue weighted by atomic mass is 10.4. The molecule has 16 heavy (non-hydrogen) atoms. The van der Waals surface area contributed by atoms with Crippen molar-refractivity contribution in [1.29, 1.82) is 0 Å². The van der Waals surface area contributed by atoms with Crippen molar-refractivity contribution in [2.24, 2.45) is 0 Å². The molecule has 0 spiro atoms. The van der Waals surface area contributed by atoms with E-state index < -0.39 is 0 Å². The van der Waals surface area contributed by atoms with E-state index in [1.54, 1.807) is 6.20 Å². The Morgan fingerprint density at radius 3 is 2.94 bits per heavy atom. The van der Waals surface area contributed by atoms with E-state index in [1.165, 1.54) is 0 Å². The summed E-state index contributed by atoms with van der Waals surface area (Å²) in [6.45, 7) is 4.09. The lowest BCUT2D eigenvalue weighted by molar-refractivity contribution is 0.207. The number of carbonyl (C=O) groups excluding carboxylic acids is 1. The minimum Gasteiger partial charge on any atom is -0.444 e. The van der Waals surface area contributed by atoms with Crippen LogP contribution in [-0.2, 0) is 13.0 Å². The van der Waals surface area contributed by atoms with Gasteiger partial charge in [0, 0.05) is 19.5 Å². The standard InChI is InChI=1S/C11H17N3O2/c1-2-9-7-12-10(16-9)8-13-11(15)14-5-3-4-6-14/h7H,2-6,8H2,1H3,(H,13,15). The van der Waals surface area contributed by atoms with Gasteiger partial charge in [-0.25, -0.2) is 9.78 Å². The number of carbonyl (C=O) groups is 1. The Morgan fingerprint density at radius 1 is 1.56 bits per heavy atom. The van der Waals surface area contributed by atoms with Crippen molar-refractivity contribution < 1.29 is 9.21 Å². The van der Waals surface area contributed by atoms with E-state index in [-0.39, 0.29) is 6.03 Å². The molecule has 1 aliphatic heterocycles. The second-order valence-electron chi connectivity index (χ2n) is 3.93. The fourth-order valence-electron chi connectivity index (χ4n) is 1.78. The number of urea groups is 1. The monoisotopic (exact) mass is 223 g/mol. The largest absolute Gasteiger partial charge is 0.444 e. The maximum absolute atomic E-state index is 11.6. The van der Waals surface area contributed by atoms with Crippen LogP contribution in [0.15, 0.2) is 10.6 Å². The third-order valence-electron chi connectivity index (χ3n) is 2.73. The summed E-state index contributed by atoms with van der Waals surface area (Å²) in [6.07, 6.45) is 4.74. The number of hydrogen-bond acceptors (Lipinski definition) is 3. The molecule has 5 nitrogen and oxygen atoms in total. The van der Waals surface area contributed by atoms with Crippen molar-refractivity contribution >= 4 is 6.03 Å². The highest BCUT2D eigenvalue weighted by molar-refractivity contribution is 5.74. The molecule has 1 N–H and O–H groups in total. The second-order valence-corrected chi connectivity index (χ2v) is 3.93. The van der Waals surface area contributed by atoms with Gasteiger partial charge in [0.25, 0.3) is 0 Å². The molecule has 0 saturated carbocycles. The predicted octanol–water partition coefficient (Wildman–Crippen LogP) is 1.54. The average Bonchev–Trinajstić information content (AvgIpc) is 2.96. The smallest absolute Gasteiger partial charge is 0.317 e. The number of likely N-dealkylation sites (tertiary alicyclic amines) is 1. The molecule has 0 aliphatic carbocycles. The van der Waals surface area contributed by atoms with E-state index in [0.29, 0.717) is 12.4 Å². The third kappa shape index (κ3) is 2.53. The molecule has 2 heterocycles. The topological polar surface area (TPSA) is 58.4 Å². The van der Waals surface area contributed by atoms with E-state index in [9.17, 15) is 4.79 Å². The first-order valence-corrected chi connectivity index (χ1v) is 5.76. The van der Waals surface area contributed by atoms with Crippen LogP contribution in [0.1, 0.15) is 31.4 Å². The van der Waals surface area contributed by atoms with Gasteiger partial charge in [0.2, 0.25) is 5.89 Å². The summed E-state index contributed by atoms with van der Waals surface area (Å²) in [5, 5.41) is 2.81.